The molecular formula is C20H20N4O5S. The number of imide groups is 1. The van der Waals surface area contributed by atoms with Crippen LogP contribution in [0, 0.1) is 0 Å². The molecule has 0 spiro atoms. The minimum absolute atomic E-state index is 0.0587. The maximum absolute atomic E-state index is 12.8. The SMILES string of the molecule is O=C(CN1C(=O)CCC1=O)N1CCN(C(=O)c2ccc(-c3cccs3)[nH]c2=O)CC1. The number of amides is 4. The zero-order valence-corrected chi connectivity index (χ0v) is 16.9. The molecule has 2 aromatic heterocycles. The molecule has 1 N–H and O–H groups in total. The number of aromatic nitrogens is 1. The van der Waals surface area contributed by atoms with Gasteiger partial charge < -0.3 is 14.8 Å². The lowest BCUT2D eigenvalue weighted by Crippen LogP contribution is -2.53. The predicted molar refractivity (Wildman–Crippen MR) is 109 cm³/mol. The highest BCUT2D eigenvalue weighted by atomic mass is 32.1. The van der Waals surface area contributed by atoms with E-state index >= 15 is 0 Å². The van der Waals surface area contributed by atoms with E-state index in [9.17, 15) is 24.0 Å². The molecule has 30 heavy (non-hydrogen) atoms. The van der Waals surface area contributed by atoms with E-state index in [1.54, 1.807) is 6.07 Å². The van der Waals surface area contributed by atoms with Crippen LogP contribution in [-0.4, -0.2) is 76.0 Å². The molecule has 0 unspecified atom stereocenters. The number of nitrogens with one attached hydrogen (secondary N) is 1. The third-order valence-corrected chi connectivity index (χ3v) is 6.20. The Morgan fingerprint density at radius 2 is 1.60 bits per heavy atom. The molecule has 4 amide bonds. The van der Waals surface area contributed by atoms with Crippen LogP contribution in [-0.2, 0) is 14.4 Å². The molecule has 2 aromatic rings. The van der Waals surface area contributed by atoms with Crippen molar-refractivity contribution in [3.05, 3.63) is 45.6 Å². The quantitative estimate of drug-likeness (QED) is 0.715. The van der Waals surface area contributed by atoms with Crippen molar-refractivity contribution in [1.29, 1.82) is 0 Å². The number of carbonyl (C=O) groups is 4. The number of hydrogen-bond donors (Lipinski definition) is 1. The van der Waals surface area contributed by atoms with Crippen molar-refractivity contribution in [2.45, 2.75) is 12.8 Å². The van der Waals surface area contributed by atoms with E-state index < -0.39 is 5.56 Å². The second-order valence-corrected chi connectivity index (χ2v) is 8.09. The summed E-state index contributed by atoms with van der Waals surface area (Å²) < 4.78 is 0. The zero-order valence-electron chi connectivity index (χ0n) is 16.1. The summed E-state index contributed by atoms with van der Waals surface area (Å²) >= 11 is 1.49. The number of rotatable bonds is 4. The largest absolute Gasteiger partial charge is 0.338 e. The molecule has 156 valence electrons. The highest BCUT2D eigenvalue weighted by Crippen LogP contribution is 2.21. The summed E-state index contributed by atoms with van der Waals surface area (Å²) in [4.78, 5) is 68.7. The van der Waals surface area contributed by atoms with Gasteiger partial charge in [-0.05, 0) is 23.6 Å². The first kappa shape index (κ1) is 20.0. The van der Waals surface area contributed by atoms with Gasteiger partial charge in [-0.25, -0.2) is 0 Å². The molecule has 4 heterocycles. The van der Waals surface area contributed by atoms with Gasteiger partial charge in [0.15, 0.2) is 0 Å². The van der Waals surface area contributed by atoms with Crippen LogP contribution in [0.3, 0.4) is 0 Å². The van der Waals surface area contributed by atoms with Gasteiger partial charge >= 0.3 is 0 Å². The van der Waals surface area contributed by atoms with Gasteiger partial charge in [0.05, 0.1) is 10.6 Å². The fourth-order valence-corrected chi connectivity index (χ4v) is 4.29. The number of hydrogen-bond acceptors (Lipinski definition) is 6. The van der Waals surface area contributed by atoms with Crippen LogP contribution in [0.15, 0.2) is 34.4 Å². The molecule has 10 heteroatoms. The average molecular weight is 428 g/mol. The summed E-state index contributed by atoms with van der Waals surface area (Å²) in [5.74, 6) is -1.35. The van der Waals surface area contributed by atoms with Crippen LogP contribution in [0.2, 0.25) is 0 Å². The lowest BCUT2D eigenvalue weighted by molar-refractivity contribution is -0.146. The number of H-pyrrole nitrogens is 1. The minimum Gasteiger partial charge on any atom is -0.338 e. The maximum atomic E-state index is 12.8. The van der Waals surface area contributed by atoms with E-state index in [1.165, 1.54) is 27.2 Å². The fourth-order valence-electron chi connectivity index (χ4n) is 3.58. The van der Waals surface area contributed by atoms with Crippen LogP contribution >= 0.6 is 11.3 Å². The summed E-state index contributed by atoms with van der Waals surface area (Å²) in [6, 6.07) is 7.01. The lowest BCUT2D eigenvalue weighted by Gasteiger charge is -2.35. The Hall–Kier alpha value is -3.27. The third-order valence-electron chi connectivity index (χ3n) is 5.29. The molecule has 0 radical (unpaired) electrons. The summed E-state index contributed by atoms with van der Waals surface area (Å²) in [6.45, 7) is 0.866. The molecule has 2 aliphatic heterocycles. The monoisotopic (exact) mass is 428 g/mol. The molecule has 4 rings (SSSR count). The first-order chi connectivity index (χ1) is 14.4. The van der Waals surface area contributed by atoms with Crippen molar-refractivity contribution in [3.63, 3.8) is 0 Å². The number of nitrogens with zero attached hydrogens (tertiary/aromatic N) is 3. The van der Waals surface area contributed by atoms with Gasteiger partial charge in [0.1, 0.15) is 12.1 Å². The Balaban J connectivity index is 1.36. The average Bonchev–Trinajstić information content (AvgIpc) is 3.39. The number of pyridine rings is 1. The van der Waals surface area contributed by atoms with E-state index in [4.69, 9.17) is 0 Å². The van der Waals surface area contributed by atoms with Crippen LogP contribution in [0.5, 0.6) is 0 Å². The highest BCUT2D eigenvalue weighted by Gasteiger charge is 2.33. The molecule has 0 aromatic carbocycles. The third kappa shape index (κ3) is 3.90. The number of aromatic amines is 1. The maximum Gasteiger partial charge on any atom is 0.261 e. The molecule has 0 bridgehead atoms. The predicted octanol–water partition coefficient (Wildman–Crippen LogP) is 0.537. The summed E-state index contributed by atoms with van der Waals surface area (Å²) in [6.07, 6.45) is 0.294. The Labute approximate surface area is 175 Å². The molecular weight excluding hydrogens is 408 g/mol. The fraction of sp³-hybridized carbons (Fsp3) is 0.350. The highest BCUT2D eigenvalue weighted by molar-refractivity contribution is 7.13. The Kier molecular flexibility index (Phi) is 5.49. The Bertz CT molecular complexity index is 1040. The molecule has 0 aliphatic carbocycles. The van der Waals surface area contributed by atoms with Gasteiger partial charge in [0, 0.05) is 39.0 Å². The van der Waals surface area contributed by atoms with Crippen LogP contribution < -0.4 is 5.56 Å². The standard InChI is InChI=1S/C20H20N4O5S/c25-16-5-6-17(26)24(16)12-18(27)22-7-9-23(10-8-22)20(29)13-3-4-14(21-19(13)28)15-2-1-11-30-15/h1-4,11H,5-10,12H2,(H,21,28). The van der Waals surface area contributed by atoms with E-state index in [0.717, 1.165) is 9.78 Å². The molecule has 0 atom stereocenters. The van der Waals surface area contributed by atoms with Gasteiger partial charge in [0.25, 0.3) is 11.5 Å². The number of likely N-dealkylation sites (tertiary alicyclic amines) is 1. The molecule has 2 saturated heterocycles. The molecule has 2 fully saturated rings. The van der Waals surface area contributed by atoms with E-state index in [1.807, 2.05) is 17.5 Å². The minimum atomic E-state index is -0.449. The summed E-state index contributed by atoms with van der Waals surface area (Å²) in [7, 11) is 0. The number of piperazine rings is 1. The Morgan fingerprint density at radius 1 is 0.933 bits per heavy atom. The van der Waals surface area contributed by atoms with Crippen molar-refractivity contribution < 1.29 is 19.2 Å². The van der Waals surface area contributed by atoms with E-state index in [0.29, 0.717) is 5.69 Å². The van der Waals surface area contributed by atoms with E-state index in [-0.39, 0.29) is 74.8 Å². The van der Waals surface area contributed by atoms with Crippen molar-refractivity contribution in [2.24, 2.45) is 0 Å². The topological polar surface area (TPSA) is 111 Å². The molecule has 2 aliphatic rings. The van der Waals surface area contributed by atoms with Gasteiger partial charge in [-0.15, -0.1) is 11.3 Å². The normalized spacial score (nSPS) is 17.0. The second-order valence-electron chi connectivity index (χ2n) is 7.14. The van der Waals surface area contributed by atoms with Crippen molar-refractivity contribution in [3.8, 4) is 10.6 Å². The van der Waals surface area contributed by atoms with Crippen molar-refractivity contribution in [2.75, 3.05) is 32.7 Å². The second kappa shape index (κ2) is 8.23. The van der Waals surface area contributed by atoms with Crippen LogP contribution in [0.1, 0.15) is 23.2 Å². The Morgan fingerprint density at radius 3 is 2.20 bits per heavy atom. The number of thiophene rings is 1. The smallest absolute Gasteiger partial charge is 0.261 e. The molecule has 0 saturated carbocycles. The number of carbonyl (C=O) groups excluding carboxylic acids is 4. The van der Waals surface area contributed by atoms with Gasteiger partial charge in [-0.3, -0.25) is 28.9 Å². The summed E-state index contributed by atoms with van der Waals surface area (Å²) in [5, 5.41) is 1.91. The van der Waals surface area contributed by atoms with E-state index in [2.05, 4.69) is 4.98 Å². The van der Waals surface area contributed by atoms with Crippen LogP contribution in [0.4, 0.5) is 0 Å². The van der Waals surface area contributed by atoms with Crippen molar-refractivity contribution in [1.82, 2.24) is 19.7 Å². The summed E-state index contributed by atoms with van der Waals surface area (Å²) in [5.41, 5.74) is 0.270. The first-order valence-corrected chi connectivity index (χ1v) is 10.5. The first-order valence-electron chi connectivity index (χ1n) is 9.61. The van der Waals surface area contributed by atoms with Crippen molar-refractivity contribution >= 4 is 35.0 Å². The van der Waals surface area contributed by atoms with Crippen LogP contribution in [0.25, 0.3) is 10.6 Å². The lowest BCUT2D eigenvalue weighted by atomic mass is 10.2. The zero-order chi connectivity index (χ0) is 21.3. The van der Waals surface area contributed by atoms with Gasteiger partial charge in [-0.1, -0.05) is 6.07 Å². The van der Waals surface area contributed by atoms with Gasteiger partial charge in [-0.2, -0.15) is 0 Å². The van der Waals surface area contributed by atoms with Gasteiger partial charge in [0.2, 0.25) is 17.7 Å². The molecule has 9 nitrogen and oxygen atoms in total.